The maximum absolute atomic E-state index is 13.1. The third-order valence-corrected chi connectivity index (χ3v) is 5.68. The maximum Gasteiger partial charge on any atom is 0.312 e. The number of hydrogen-bond acceptors (Lipinski definition) is 4. The highest BCUT2D eigenvalue weighted by atomic mass is 16.2. The molecule has 0 saturated carbocycles. The smallest absolute Gasteiger partial charge is 0.312 e. The third kappa shape index (κ3) is 12.6. The van der Waals surface area contributed by atoms with Gasteiger partial charge in [0.05, 0.1) is 0 Å². The Morgan fingerprint density at radius 3 is 2.00 bits per heavy atom. The van der Waals surface area contributed by atoms with E-state index in [1.54, 1.807) is 0 Å². The van der Waals surface area contributed by atoms with E-state index >= 15 is 0 Å². The molecule has 0 aliphatic heterocycles. The average Bonchev–Trinajstić information content (AvgIpc) is 2.78. The average molecular weight is 504 g/mol. The van der Waals surface area contributed by atoms with Crippen molar-refractivity contribution in [3.63, 3.8) is 0 Å². The van der Waals surface area contributed by atoms with Gasteiger partial charge in [-0.25, -0.2) is 4.79 Å². The first kappa shape index (κ1) is 30.9. The largest absolute Gasteiger partial charge is 0.352 e. The molecular formula is C27H45N5O4. The molecule has 0 radical (unpaired) electrons. The molecule has 0 unspecified atom stereocenters. The quantitative estimate of drug-likeness (QED) is 0.234. The van der Waals surface area contributed by atoms with Gasteiger partial charge in [0.1, 0.15) is 12.1 Å². The summed E-state index contributed by atoms with van der Waals surface area (Å²) in [6.07, 6.45) is 2.73. The van der Waals surface area contributed by atoms with Gasteiger partial charge in [0.25, 0.3) is 0 Å². The normalized spacial score (nSPS) is 12.8. The number of nitrogens with two attached hydrogens (primary N) is 1. The van der Waals surface area contributed by atoms with Gasteiger partial charge in [-0.3, -0.25) is 14.4 Å². The number of amides is 5. The van der Waals surface area contributed by atoms with Gasteiger partial charge in [-0.15, -0.1) is 0 Å². The topological polar surface area (TPSA) is 142 Å². The molecule has 0 aliphatic carbocycles. The van der Waals surface area contributed by atoms with E-state index in [2.05, 4.69) is 35.1 Å². The SMILES string of the molecule is CC(C)CCC(=O)N[C@H](C(=O)N[C@@H](CCCNC(N)=O)C(=O)Nc1ccc(CC(C)C)cc1)C(C)C. The van der Waals surface area contributed by atoms with E-state index in [4.69, 9.17) is 5.73 Å². The van der Waals surface area contributed by atoms with Crippen LogP contribution in [0.25, 0.3) is 0 Å². The Labute approximate surface area is 215 Å². The second-order valence-corrected chi connectivity index (χ2v) is 10.5. The van der Waals surface area contributed by atoms with Crippen LogP contribution in [0.15, 0.2) is 24.3 Å². The van der Waals surface area contributed by atoms with Crippen LogP contribution in [0.1, 0.15) is 72.8 Å². The van der Waals surface area contributed by atoms with Gasteiger partial charge < -0.3 is 27.0 Å². The molecule has 0 aliphatic rings. The zero-order valence-electron chi connectivity index (χ0n) is 22.6. The number of nitrogens with one attached hydrogen (secondary N) is 4. The van der Waals surface area contributed by atoms with E-state index in [-0.39, 0.29) is 30.7 Å². The van der Waals surface area contributed by atoms with E-state index in [0.29, 0.717) is 30.4 Å². The predicted octanol–water partition coefficient (Wildman–Crippen LogP) is 3.33. The van der Waals surface area contributed by atoms with Crippen LogP contribution in [0.3, 0.4) is 0 Å². The molecule has 1 aromatic rings. The molecule has 6 N–H and O–H groups in total. The van der Waals surface area contributed by atoms with Gasteiger partial charge >= 0.3 is 6.03 Å². The Hall–Kier alpha value is -3.10. The van der Waals surface area contributed by atoms with Crippen LogP contribution < -0.4 is 27.0 Å². The van der Waals surface area contributed by atoms with Crippen LogP contribution in [0.2, 0.25) is 0 Å². The standard InChI is InChI=1S/C27H45N5O4/c1-17(2)9-14-23(33)32-24(19(5)6)26(35)31-22(8-7-15-29-27(28)36)25(34)30-21-12-10-20(11-13-21)16-18(3)4/h10-13,17-19,22,24H,7-9,14-16H2,1-6H3,(H,30,34)(H,31,35)(H,32,33)(H3,28,29,36)/t22-,24-/m0/s1. The highest BCUT2D eigenvalue weighted by molar-refractivity contribution is 5.98. The summed E-state index contributed by atoms with van der Waals surface area (Å²) in [6.45, 7) is 12.3. The fourth-order valence-corrected chi connectivity index (χ4v) is 3.67. The number of urea groups is 1. The van der Waals surface area contributed by atoms with Gasteiger partial charge in [0.15, 0.2) is 0 Å². The number of hydrogen-bond donors (Lipinski definition) is 5. The molecule has 1 aromatic carbocycles. The second-order valence-electron chi connectivity index (χ2n) is 10.5. The number of primary amides is 1. The van der Waals surface area contributed by atoms with Crippen molar-refractivity contribution in [3.05, 3.63) is 29.8 Å². The summed E-state index contributed by atoms with van der Waals surface area (Å²) < 4.78 is 0. The summed E-state index contributed by atoms with van der Waals surface area (Å²) in [5.74, 6) is -0.235. The molecular weight excluding hydrogens is 458 g/mol. The van der Waals surface area contributed by atoms with Crippen LogP contribution in [-0.4, -0.2) is 42.4 Å². The minimum atomic E-state index is -0.851. The van der Waals surface area contributed by atoms with E-state index in [1.165, 1.54) is 5.56 Å². The minimum absolute atomic E-state index is 0.165. The predicted molar refractivity (Wildman–Crippen MR) is 143 cm³/mol. The van der Waals surface area contributed by atoms with Crippen molar-refractivity contribution in [2.24, 2.45) is 23.5 Å². The van der Waals surface area contributed by atoms with Crippen molar-refractivity contribution in [3.8, 4) is 0 Å². The first-order chi connectivity index (χ1) is 16.9. The molecule has 202 valence electrons. The molecule has 9 heteroatoms. The molecule has 0 saturated heterocycles. The summed E-state index contributed by atoms with van der Waals surface area (Å²) in [7, 11) is 0. The summed E-state index contributed by atoms with van der Waals surface area (Å²) in [4.78, 5) is 49.6. The lowest BCUT2D eigenvalue weighted by Crippen LogP contribution is -2.54. The first-order valence-electron chi connectivity index (χ1n) is 12.9. The Bertz CT molecular complexity index is 852. The summed E-state index contributed by atoms with van der Waals surface area (Å²) in [5.41, 5.74) is 6.93. The van der Waals surface area contributed by atoms with E-state index in [1.807, 2.05) is 52.0 Å². The fourth-order valence-electron chi connectivity index (χ4n) is 3.67. The molecule has 5 amide bonds. The lowest BCUT2D eigenvalue weighted by atomic mass is 10.0. The Balaban J connectivity index is 2.90. The van der Waals surface area contributed by atoms with Crippen LogP contribution in [0.5, 0.6) is 0 Å². The summed E-state index contributed by atoms with van der Waals surface area (Å²) in [6, 6.07) is 5.37. The molecule has 0 bridgehead atoms. The fraction of sp³-hybridized carbons (Fsp3) is 0.630. The number of benzene rings is 1. The highest BCUT2D eigenvalue weighted by Gasteiger charge is 2.28. The second kappa shape index (κ2) is 15.8. The van der Waals surface area contributed by atoms with E-state index < -0.39 is 24.0 Å². The minimum Gasteiger partial charge on any atom is -0.352 e. The third-order valence-electron chi connectivity index (χ3n) is 5.68. The number of rotatable bonds is 15. The molecule has 0 aromatic heterocycles. The zero-order valence-corrected chi connectivity index (χ0v) is 22.6. The molecule has 1 rings (SSSR count). The van der Waals surface area contributed by atoms with Crippen LogP contribution >= 0.6 is 0 Å². The lowest BCUT2D eigenvalue weighted by Gasteiger charge is -2.25. The van der Waals surface area contributed by atoms with Crippen LogP contribution in [-0.2, 0) is 20.8 Å². The highest BCUT2D eigenvalue weighted by Crippen LogP contribution is 2.14. The van der Waals surface area contributed by atoms with Gasteiger partial charge in [-0.1, -0.05) is 53.7 Å². The maximum atomic E-state index is 13.1. The van der Waals surface area contributed by atoms with Gasteiger partial charge in [-0.05, 0) is 61.1 Å². The lowest BCUT2D eigenvalue weighted by molar-refractivity contribution is -0.132. The van der Waals surface area contributed by atoms with Crippen molar-refractivity contribution >= 4 is 29.4 Å². The Kier molecular flexibility index (Phi) is 13.6. The van der Waals surface area contributed by atoms with Crippen molar-refractivity contribution in [1.29, 1.82) is 0 Å². The molecule has 36 heavy (non-hydrogen) atoms. The Morgan fingerprint density at radius 1 is 0.833 bits per heavy atom. The first-order valence-corrected chi connectivity index (χ1v) is 12.9. The summed E-state index contributed by atoms with van der Waals surface area (Å²) >= 11 is 0. The molecule has 2 atom stereocenters. The van der Waals surface area contributed by atoms with Crippen molar-refractivity contribution in [2.45, 2.75) is 85.7 Å². The van der Waals surface area contributed by atoms with Crippen molar-refractivity contribution in [2.75, 3.05) is 11.9 Å². The van der Waals surface area contributed by atoms with Gasteiger partial charge in [-0.2, -0.15) is 0 Å². The zero-order chi connectivity index (χ0) is 27.3. The number of carbonyl (C=O) groups excluding carboxylic acids is 4. The van der Waals surface area contributed by atoms with Crippen LogP contribution in [0.4, 0.5) is 10.5 Å². The monoisotopic (exact) mass is 503 g/mol. The molecule has 0 spiro atoms. The van der Waals surface area contributed by atoms with Crippen molar-refractivity contribution in [1.82, 2.24) is 16.0 Å². The van der Waals surface area contributed by atoms with Gasteiger partial charge in [0.2, 0.25) is 17.7 Å². The molecule has 9 nitrogen and oxygen atoms in total. The van der Waals surface area contributed by atoms with E-state index in [9.17, 15) is 19.2 Å². The van der Waals surface area contributed by atoms with Crippen LogP contribution in [0, 0.1) is 17.8 Å². The van der Waals surface area contributed by atoms with Crippen molar-refractivity contribution < 1.29 is 19.2 Å². The van der Waals surface area contributed by atoms with Gasteiger partial charge in [0, 0.05) is 18.7 Å². The summed E-state index contributed by atoms with van der Waals surface area (Å²) in [5, 5.41) is 11.0. The Morgan fingerprint density at radius 2 is 1.47 bits per heavy atom. The molecule has 0 heterocycles. The van der Waals surface area contributed by atoms with E-state index in [0.717, 1.165) is 12.8 Å². The molecule has 0 fully saturated rings. The number of anilines is 1. The number of carbonyl (C=O) groups is 4.